The third-order valence-corrected chi connectivity index (χ3v) is 8.54. The Balaban J connectivity index is 1.41. The molecule has 0 unspecified atom stereocenters. The minimum Gasteiger partial charge on any atom is -0.337 e. The first-order valence-electron chi connectivity index (χ1n) is 14.0. The monoisotopic (exact) mass is 507 g/mol. The van der Waals surface area contributed by atoms with E-state index in [1.54, 1.807) is 0 Å². The molecule has 2 fully saturated rings. The van der Waals surface area contributed by atoms with Crippen molar-refractivity contribution in [3.05, 3.63) is 65.9 Å². The Hall–Kier alpha value is -3.55. The van der Waals surface area contributed by atoms with Crippen molar-refractivity contribution < 1.29 is 9.59 Å². The maximum Gasteiger partial charge on any atom is 0.280 e. The topological polar surface area (TPSA) is 61.7 Å². The summed E-state index contributed by atoms with van der Waals surface area (Å²) in [6.07, 6.45) is 4.87. The highest BCUT2D eigenvalue weighted by molar-refractivity contribution is 6.30. The second-order valence-corrected chi connectivity index (χ2v) is 10.8. The Labute approximate surface area is 222 Å². The molecule has 38 heavy (non-hydrogen) atoms. The molecule has 3 aliphatic heterocycles. The second kappa shape index (κ2) is 9.64. The van der Waals surface area contributed by atoms with Crippen LogP contribution in [0.5, 0.6) is 0 Å². The summed E-state index contributed by atoms with van der Waals surface area (Å²) in [5.41, 5.74) is 4.55. The van der Waals surface area contributed by atoms with Crippen molar-refractivity contribution >= 4 is 33.6 Å². The quantitative estimate of drug-likeness (QED) is 0.341. The van der Waals surface area contributed by atoms with Gasteiger partial charge in [-0.2, -0.15) is 0 Å². The van der Waals surface area contributed by atoms with Gasteiger partial charge >= 0.3 is 0 Å². The number of pyridine rings is 1. The van der Waals surface area contributed by atoms with E-state index in [2.05, 4.69) is 32.6 Å². The normalized spacial score (nSPS) is 18.5. The van der Waals surface area contributed by atoms with Gasteiger partial charge in [0.1, 0.15) is 5.69 Å². The van der Waals surface area contributed by atoms with Crippen LogP contribution < -0.4 is 0 Å². The fraction of sp³-hybridized carbons (Fsp3) is 0.387. The van der Waals surface area contributed by atoms with E-state index in [9.17, 15) is 9.59 Å². The van der Waals surface area contributed by atoms with Gasteiger partial charge in [-0.05, 0) is 57.9 Å². The van der Waals surface area contributed by atoms with Gasteiger partial charge in [0.2, 0.25) is 0 Å². The number of rotatable bonds is 7. The summed E-state index contributed by atoms with van der Waals surface area (Å²) in [6, 6.07) is 18.4. The summed E-state index contributed by atoms with van der Waals surface area (Å²) in [4.78, 5) is 38.9. The predicted octanol–water partition coefficient (Wildman–Crippen LogP) is 4.64. The number of nitrogens with zero attached hydrogens (tertiary/aromatic N) is 5. The molecule has 7 heteroatoms. The number of imide groups is 1. The van der Waals surface area contributed by atoms with Gasteiger partial charge in [-0.15, -0.1) is 0 Å². The number of aromatic nitrogens is 2. The van der Waals surface area contributed by atoms with Crippen LogP contribution in [0.2, 0.25) is 0 Å². The molecule has 0 atom stereocenters. The molecule has 0 aliphatic carbocycles. The zero-order valence-corrected chi connectivity index (χ0v) is 21.7. The molecule has 7 nitrogen and oxygen atoms in total. The van der Waals surface area contributed by atoms with Crippen LogP contribution in [0.15, 0.2) is 54.6 Å². The lowest BCUT2D eigenvalue weighted by molar-refractivity contribution is 0.0639. The summed E-state index contributed by atoms with van der Waals surface area (Å²) in [6.45, 7) is 7.23. The van der Waals surface area contributed by atoms with Crippen LogP contribution in [0.25, 0.3) is 33.1 Å². The van der Waals surface area contributed by atoms with E-state index in [-0.39, 0.29) is 11.8 Å². The van der Waals surface area contributed by atoms with Crippen molar-refractivity contribution in [2.45, 2.75) is 32.2 Å². The van der Waals surface area contributed by atoms with Crippen molar-refractivity contribution in [3.8, 4) is 11.3 Å². The molecule has 194 valence electrons. The zero-order valence-electron chi connectivity index (χ0n) is 21.7. The average Bonchev–Trinajstić information content (AvgIpc) is 3.75. The van der Waals surface area contributed by atoms with Gasteiger partial charge in [0.05, 0.1) is 16.8 Å². The van der Waals surface area contributed by atoms with Gasteiger partial charge in [-0.3, -0.25) is 14.5 Å². The first kappa shape index (κ1) is 23.6. The van der Waals surface area contributed by atoms with Gasteiger partial charge in [-0.1, -0.05) is 48.5 Å². The first-order valence-corrected chi connectivity index (χ1v) is 14.0. The molecule has 0 bridgehead atoms. The van der Waals surface area contributed by atoms with E-state index < -0.39 is 0 Å². The molecule has 2 saturated heterocycles. The second-order valence-electron chi connectivity index (χ2n) is 10.8. The lowest BCUT2D eigenvalue weighted by Gasteiger charge is -2.19. The fourth-order valence-corrected chi connectivity index (χ4v) is 6.59. The van der Waals surface area contributed by atoms with Crippen molar-refractivity contribution in [2.24, 2.45) is 0 Å². The summed E-state index contributed by atoms with van der Waals surface area (Å²) in [5, 5.41) is 1.88. The number of carbonyl (C=O) groups excluding carboxylic acids is 2. The molecule has 3 aliphatic rings. The highest BCUT2D eigenvalue weighted by Crippen LogP contribution is 2.41. The third-order valence-electron chi connectivity index (χ3n) is 8.54. The van der Waals surface area contributed by atoms with Crippen LogP contribution in [0.3, 0.4) is 0 Å². The molecule has 4 aromatic rings. The predicted molar refractivity (Wildman–Crippen MR) is 149 cm³/mol. The highest BCUT2D eigenvalue weighted by Gasteiger charge is 2.41. The maximum atomic E-state index is 13.9. The molecular formula is C31H33N5O2. The number of hydrogen-bond acceptors (Lipinski definition) is 5. The zero-order chi connectivity index (χ0) is 25.6. The summed E-state index contributed by atoms with van der Waals surface area (Å²) in [7, 11) is 0. The Morgan fingerprint density at radius 3 is 2.00 bits per heavy atom. The standard InChI is InChI=1S/C31H33N5O2/c37-30-26-25-23-12-4-5-13-24(23)35(20-18-33-14-6-7-15-33)29(25)27(22-10-2-1-3-11-22)32-28(26)31(38)36(30)21-19-34-16-8-9-17-34/h1-5,10-13H,6-9,14-21H2. The molecule has 2 aromatic heterocycles. The lowest BCUT2D eigenvalue weighted by Crippen LogP contribution is -2.37. The van der Waals surface area contributed by atoms with Gasteiger partial charge in [0.25, 0.3) is 11.8 Å². The van der Waals surface area contributed by atoms with Crippen LogP contribution in [0, 0.1) is 0 Å². The molecule has 0 saturated carbocycles. The minimum absolute atomic E-state index is 0.205. The average molecular weight is 508 g/mol. The van der Waals surface area contributed by atoms with E-state index in [0.29, 0.717) is 17.8 Å². The minimum atomic E-state index is -0.267. The van der Waals surface area contributed by atoms with Crippen LogP contribution in [0.1, 0.15) is 46.5 Å². The summed E-state index contributed by atoms with van der Waals surface area (Å²) < 4.78 is 2.34. The largest absolute Gasteiger partial charge is 0.337 e. The Kier molecular flexibility index (Phi) is 5.98. The molecule has 2 aromatic carbocycles. The van der Waals surface area contributed by atoms with E-state index in [4.69, 9.17) is 4.98 Å². The van der Waals surface area contributed by atoms with Crippen molar-refractivity contribution in [1.29, 1.82) is 0 Å². The van der Waals surface area contributed by atoms with Crippen molar-refractivity contribution in [2.75, 3.05) is 45.8 Å². The van der Waals surface area contributed by atoms with Crippen LogP contribution in [-0.2, 0) is 6.54 Å². The number of likely N-dealkylation sites (tertiary alicyclic amines) is 2. The SMILES string of the molecule is O=C1c2nc(-c3ccccc3)c3c(c2C(=O)N1CCN1CCCC1)c1ccccc1n3CCN1CCCC1. The summed E-state index contributed by atoms with van der Waals surface area (Å²) in [5.74, 6) is -0.471. The molecule has 0 radical (unpaired) electrons. The van der Waals surface area contributed by atoms with Crippen LogP contribution >= 0.6 is 0 Å². The molecule has 5 heterocycles. The Morgan fingerprint density at radius 2 is 1.29 bits per heavy atom. The number of fused-ring (bicyclic) bond motifs is 5. The summed E-state index contributed by atoms with van der Waals surface area (Å²) >= 11 is 0. The van der Waals surface area contributed by atoms with E-state index >= 15 is 0 Å². The molecule has 7 rings (SSSR count). The van der Waals surface area contributed by atoms with Crippen LogP contribution in [0.4, 0.5) is 0 Å². The van der Waals surface area contributed by atoms with Crippen molar-refractivity contribution in [1.82, 2.24) is 24.3 Å². The lowest BCUT2D eigenvalue weighted by atomic mass is 10.0. The fourth-order valence-electron chi connectivity index (χ4n) is 6.59. The van der Waals surface area contributed by atoms with Gasteiger partial charge in [0, 0.05) is 48.0 Å². The van der Waals surface area contributed by atoms with Crippen LogP contribution in [-0.4, -0.2) is 81.9 Å². The molecule has 2 amide bonds. The third kappa shape index (κ3) is 3.84. The Bertz CT molecular complexity index is 1530. The number of hydrogen-bond donors (Lipinski definition) is 0. The molecule has 0 N–H and O–H groups in total. The van der Waals surface area contributed by atoms with E-state index in [0.717, 1.165) is 78.9 Å². The Morgan fingerprint density at radius 1 is 0.658 bits per heavy atom. The van der Waals surface area contributed by atoms with Gasteiger partial charge in [0.15, 0.2) is 0 Å². The molecule has 0 spiro atoms. The number of para-hydroxylation sites is 1. The first-order chi connectivity index (χ1) is 18.7. The van der Waals surface area contributed by atoms with Crippen molar-refractivity contribution in [3.63, 3.8) is 0 Å². The maximum absolute atomic E-state index is 13.9. The number of benzene rings is 2. The number of amides is 2. The smallest absolute Gasteiger partial charge is 0.280 e. The number of carbonyl (C=O) groups is 2. The highest BCUT2D eigenvalue weighted by atomic mass is 16.2. The van der Waals surface area contributed by atoms with E-state index in [1.165, 1.54) is 30.6 Å². The van der Waals surface area contributed by atoms with E-state index in [1.807, 2.05) is 36.4 Å². The van der Waals surface area contributed by atoms with Gasteiger partial charge in [-0.25, -0.2) is 4.98 Å². The molecular weight excluding hydrogens is 474 g/mol. The van der Waals surface area contributed by atoms with Gasteiger partial charge < -0.3 is 14.4 Å².